The van der Waals surface area contributed by atoms with E-state index < -0.39 is 36.9 Å². The number of nitrogens with zero attached hydrogens (tertiary/aromatic N) is 3. The van der Waals surface area contributed by atoms with Crippen molar-refractivity contribution >= 4 is 31.6 Å². The number of sulfonamides is 1. The van der Waals surface area contributed by atoms with E-state index >= 15 is 0 Å². The molecule has 0 aliphatic carbocycles. The third-order valence-corrected chi connectivity index (χ3v) is 8.62. The van der Waals surface area contributed by atoms with Crippen molar-refractivity contribution in [1.82, 2.24) is 4.31 Å². The van der Waals surface area contributed by atoms with Crippen LogP contribution in [-0.4, -0.2) is 47.5 Å². The fourth-order valence-electron chi connectivity index (χ4n) is 2.58. The van der Waals surface area contributed by atoms with Gasteiger partial charge in [-0.05, 0) is 31.2 Å². The molecule has 0 aromatic heterocycles. The average Bonchev–Trinajstić information content (AvgIpc) is 3.49. The smallest absolute Gasteiger partial charge is 0.325 e. The molecule has 0 radical (unpaired) electrons. The van der Waals surface area contributed by atoms with E-state index in [-0.39, 0.29) is 22.0 Å². The topological polar surface area (TPSA) is 136 Å². The van der Waals surface area contributed by atoms with Crippen LogP contribution in [0.4, 0.5) is 5.69 Å². The summed E-state index contributed by atoms with van der Waals surface area (Å²) in [7, 11) is -6.98. The molecule has 0 N–H and O–H groups in total. The van der Waals surface area contributed by atoms with Gasteiger partial charge in [-0.15, -0.1) is 0 Å². The summed E-state index contributed by atoms with van der Waals surface area (Å²) in [5.74, 6) is -0.678. The lowest BCUT2D eigenvalue weighted by molar-refractivity contribution is -0.384. The molecule has 1 fully saturated rings. The van der Waals surface area contributed by atoms with Crippen LogP contribution in [0.1, 0.15) is 5.56 Å². The number of benzene rings is 2. The molecule has 0 bridgehead atoms. The lowest BCUT2D eigenvalue weighted by Crippen LogP contribution is -2.21. The Morgan fingerprint density at radius 1 is 1.10 bits per heavy atom. The Morgan fingerprint density at radius 3 is 2.17 bits per heavy atom. The maximum Gasteiger partial charge on any atom is 0.325 e. The van der Waals surface area contributed by atoms with Gasteiger partial charge in [0.15, 0.2) is 9.92 Å². The highest BCUT2D eigenvalue weighted by Gasteiger charge is 2.50. The lowest BCUT2D eigenvalue weighted by atomic mass is 10.2. The summed E-state index contributed by atoms with van der Waals surface area (Å²) in [6.07, 6.45) is 0. The van der Waals surface area contributed by atoms with Gasteiger partial charge in [-0.2, -0.15) is 12.7 Å². The zero-order chi connectivity index (χ0) is 21.4. The number of carbonyl (C=O) groups excluding carboxylic acids is 1. The monoisotopic (exact) mass is 439 g/mol. The minimum absolute atomic E-state index is 0.0184. The van der Waals surface area contributed by atoms with E-state index in [4.69, 9.17) is 0 Å². The number of hydrogen-bond donors (Lipinski definition) is 0. The van der Waals surface area contributed by atoms with Crippen LogP contribution in [0.5, 0.6) is 0 Å². The van der Waals surface area contributed by atoms with Crippen molar-refractivity contribution in [1.29, 1.82) is 0 Å². The Bertz CT molecular complexity index is 1180. The van der Waals surface area contributed by atoms with Gasteiger partial charge in [0.2, 0.25) is 0 Å². The van der Waals surface area contributed by atoms with Crippen LogP contribution in [0.3, 0.4) is 0 Å². The second-order valence-corrected chi connectivity index (χ2v) is 10.2. The molecule has 0 saturated carbocycles. The van der Waals surface area contributed by atoms with Gasteiger partial charge in [-0.1, -0.05) is 21.5 Å². The van der Waals surface area contributed by atoms with Gasteiger partial charge in [0, 0.05) is 18.7 Å². The quantitative estimate of drug-likeness (QED) is 0.290. The molecule has 29 heavy (non-hydrogen) atoms. The van der Waals surface area contributed by atoms with Crippen molar-refractivity contribution in [2.75, 3.05) is 13.7 Å². The fourth-order valence-corrected chi connectivity index (χ4v) is 6.69. The number of nitro benzene ring substituents is 1. The highest BCUT2D eigenvalue weighted by Crippen LogP contribution is 2.33. The lowest BCUT2D eigenvalue weighted by Gasteiger charge is -2.12. The van der Waals surface area contributed by atoms with Gasteiger partial charge < -0.3 is 4.74 Å². The van der Waals surface area contributed by atoms with Crippen LogP contribution >= 0.6 is 0 Å². The van der Waals surface area contributed by atoms with Gasteiger partial charge in [-0.25, -0.2) is 4.21 Å². The maximum absolute atomic E-state index is 13.7. The second-order valence-electron chi connectivity index (χ2n) is 6.25. The summed E-state index contributed by atoms with van der Waals surface area (Å²) in [5, 5.41) is 10.9. The third-order valence-electron chi connectivity index (χ3n) is 4.23. The van der Waals surface area contributed by atoms with E-state index in [0.717, 1.165) is 29.1 Å². The van der Waals surface area contributed by atoms with E-state index in [1.165, 1.54) is 24.3 Å². The SMILES string of the molecule is COC(=O)[C@@H]1CN1[S@](=O)(=NS(=O)(=O)c1ccc(C)cc1)c1ccc([N+](=O)[O-])cc1. The normalized spacial score (nSPS) is 20.3. The average molecular weight is 439 g/mol. The maximum atomic E-state index is 13.7. The molecule has 1 aliphatic heterocycles. The molecule has 154 valence electrons. The van der Waals surface area contributed by atoms with Crippen LogP contribution in [0.15, 0.2) is 62.1 Å². The second kappa shape index (κ2) is 7.54. The van der Waals surface area contributed by atoms with Gasteiger partial charge >= 0.3 is 5.97 Å². The molecule has 1 aliphatic rings. The Kier molecular flexibility index (Phi) is 5.43. The fraction of sp³-hybridized carbons (Fsp3) is 0.235. The van der Waals surface area contributed by atoms with Gasteiger partial charge in [0.25, 0.3) is 15.7 Å². The van der Waals surface area contributed by atoms with Crippen molar-refractivity contribution in [3.8, 4) is 0 Å². The molecule has 10 nitrogen and oxygen atoms in total. The molecule has 1 unspecified atom stereocenters. The molecule has 2 aromatic carbocycles. The number of esters is 1. The van der Waals surface area contributed by atoms with E-state index in [1.54, 1.807) is 19.1 Å². The minimum atomic E-state index is -4.35. The van der Waals surface area contributed by atoms with E-state index in [1.807, 2.05) is 0 Å². The summed E-state index contributed by atoms with van der Waals surface area (Å²) in [6, 6.07) is 9.44. The molecule has 12 heteroatoms. The number of aryl methyl sites for hydroxylation is 1. The molecule has 0 amide bonds. The number of ether oxygens (including phenoxy) is 1. The van der Waals surface area contributed by atoms with Gasteiger partial charge in [0.1, 0.15) is 6.04 Å². The van der Waals surface area contributed by atoms with Crippen LogP contribution in [0, 0.1) is 17.0 Å². The molecule has 3 atom stereocenters. The Labute approximate surface area is 167 Å². The largest absolute Gasteiger partial charge is 0.468 e. The summed E-state index contributed by atoms with van der Waals surface area (Å²) >= 11 is 0. The zero-order valence-corrected chi connectivity index (χ0v) is 17.1. The predicted molar refractivity (Wildman–Crippen MR) is 103 cm³/mol. The van der Waals surface area contributed by atoms with Crippen molar-refractivity contribution in [3.63, 3.8) is 0 Å². The standard InChI is InChI=1S/C17H17N3O7S2/c1-12-3-7-15(8-4-12)29(25,26)18-28(24,19-11-16(19)17(21)27-2)14-9-5-13(6-10-14)20(22)23/h3-10,16H,11H2,1-2H3/t16-,19?,28+/m0/s1. The van der Waals surface area contributed by atoms with Crippen LogP contribution in [-0.2, 0) is 29.5 Å². The van der Waals surface area contributed by atoms with Crippen molar-refractivity contribution in [2.45, 2.75) is 22.8 Å². The van der Waals surface area contributed by atoms with Crippen molar-refractivity contribution in [3.05, 3.63) is 64.2 Å². The molecule has 2 aromatic rings. The highest BCUT2D eigenvalue weighted by atomic mass is 32.3. The highest BCUT2D eigenvalue weighted by molar-refractivity contribution is 8.02. The third kappa shape index (κ3) is 4.13. The molecule has 0 spiro atoms. The summed E-state index contributed by atoms with van der Waals surface area (Å²) in [4.78, 5) is 21.8. The van der Waals surface area contributed by atoms with E-state index in [2.05, 4.69) is 8.50 Å². The first-order chi connectivity index (χ1) is 13.6. The number of hydrogen-bond acceptors (Lipinski definition) is 7. The van der Waals surface area contributed by atoms with Crippen LogP contribution < -0.4 is 0 Å². The summed E-state index contributed by atoms with van der Waals surface area (Å²) in [6.45, 7) is 1.76. The number of rotatable bonds is 6. The van der Waals surface area contributed by atoms with Gasteiger partial charge in [-0.3, -0.25) is 14.9 Å². The molecule has 3 rings (SSSR count). The molecular formula is C17H17N3O7S2. The summed E-state index contributed by atoms with van der Waals surface area (Å²) < 4.78 is 48.7. The number of nitro groups is 1. The first kappa shape index (κ1) is 20.9. The van der Waals surface area contributed by atoms with E-state index in [9.17, 15) is 27.5 Å². The first-order valence-corrected chi connectivity index (χ1v) is 11.2. The predicted octanol–water partition coefficient (Wildman–Crippen LogP) is 1.89. The van der Waals surface area contributed by atoms with Crippen LogP contribution in [0.25, 0.3) is 0 Å². The number of carbonyl (C=O) groups is 1. The van der Waals surface area contributed by atoms with Gasteiger partial charge in [0.05, 0.1) is 21.8 Å². The number of methoxy groups -OCH3 is 1. The number of non-ortho nitro benzene ring substituents is 1. The van der Waals surface area contributed by atoms with Crippen LogP contribution in [0.2, 0.25) is 0 Å². The molecule has 1 saturated heterocycles. The molecular weight excluding hydrogens is 422 g/mol. The molecule has 1 heterocycles. The Balaban J connectivity index is 2.14. The summed E-state index contributed by atoms with van der Waals surface area (Å²) in [5.41, 5.74) is 0.573. The Hall–Kier alpha value is -2.83. The van der Waals surface area contributed by atoms with E-state index in [0.29, 0.717) is 0 Å². The van der Waals surface area contributed by atoms with Crippen molar-refractivity contribution in [2.24, 2.45) is 3.77 Å². The Morgan fingerprint density at radius 2 is 1.66 bits per heavy atom. The minimum Gasteiger partial charge on any atom is -0.468 e. The first-order valence-electron chi connectivity index (χ1n) is 8.28. The zero-order valence-electron chi connectivity index (χ0n) is 15.4. The van der Waals surface area contributed by atoms with Crippen molar-refractivity contribution < 1.29 is 27.1 Å².